The molecule has 0 atom stereocenters. The lowest BCUT2D eigenvalue weighted by Crippen LogP contribution is -2.13. The van der Waals surface area contributed by atoms with Crippen LogP contribution in [0.1, 0.15) is 11.3 Å². The molecule has 3 rings (SSSR count). The molecule has 0 spiro atoms. The van der Waals surface area contributed by atoms with Gasteiger partial charge in [0, 0.05) is 11.9 Å². The van der Waals surface area contributed by atoms with Gasteiger partial charge in [-0.25, -0.2) is 0 Å². The van der Waals surface area contributed by atoms with Crippen LogP contribution in [0.4, 0.5) is 5.69 Å². The number of fused-ring (bicyclic) bond motifs is 1. The number of nitro benzene ring substituents is 1. The number of benzene rings is 1. The van der Waals surface area contributed by atoms with E-state index in [0.717, 1.165) is 0 Å². The Morgan fingerprint density at radius 2 is 2.16 bits per heavy atom. The first-order chi connectivity index (χ1) is 12.0. The van der Waals surface area contributed by atoms with Crippen LogP contribution in [0.5, 0.6) is 11.5 Å². The minimum atomic E-state index is -0.843. The van der Waals surface area contributed by atoms with Gasteiger partial charge >= 0.3 is 0 Å². The van der Waals surface area contributed by atoms with Crippen molar-refractivity contribution in [2.24, 2.45) is 5.73 Å². The predicted octanol–water partition coefficient (Wildman–Crippen LogP) is 1.57. The maximum absolute atomic E-state index is 11.3. The molecule has 9 nitrogen and oxygen atoms in total. The molecule has 2 heterocycles. The number of nitrogens with zero attached hydrogens (tertiary/aromatic N) is 3. The third-order valence-corrected chi connectivity index (χ3v) is 3.65. The fourth-order valence-corrected chi connectivity index (χ4v) is 2.46. The monoisotopic (exact) mass is 340 g/mol. The minimum Gasteiger partial charge on any atom is -0.454 e. The summed E-state index contributed by atoms with van der Waals surface area (Å²) < 4.78 is 12.1. The average Bonchev–Trinajstić information content (AvgIpc) is 3.20. The van der Waals surface area contributed by atoms with E-state index in [1.54, 1.807) is 35.0 Å². The van der Waals surface area contributed by atoms with Gasteiger partial charge in [0.05, 0.1) is 23.1 Å². The Balaban J connectivity index is 2.00. The number of ether oxygens (including phenoxy) is 2. The van der Waals surface area contributed by atoms with E-state index in [0.29, 0.717) is 22.8 Å². The van der Waals surface area contributed by atoms with Crippen molar-refractivity contribution in [2.45, 2.75) is 6.54 Å². The molecule has 0 saturated carbocycles. The number of rotatable bonds is 5. The number of nitro groups is 1. The lowest BCUT2D eigenvalue weighted by atomic mass is 10.1. The topological polar surface area (TPSA) is 133 Å². The average molecular weight is 340 g/mol. The molecule has 0 fully saturated rings. The van der Waals surface area contributed by atoms with Gasteiger partial charge in [0.1, 0.15) is 11.6 Å². The van der Waals surface area contributed by atoms with E-state index in [9.17, 15) is 14.9 Å². The molecule has 0 aliphatic carbocycles. The summed E-state index contributed by atoms with van der Waals surface area (Å²) in [6.45, 7) is 0.154. The highest BCUT2D eigenvalue weighted by Gasteiger charge is 2.23. The van der Waals surface area contributed by atoms with Crippen LogP contribution in [0.2, 0.25) is 0 Å². The number of amides is 1. The molecule has 0 bridgehead atoms. The molecule has 0 saturated heterocycles. The van der Waals surface area contributed by atoms with E-state index in [1.807, 2.05) is 0 Å². The number of carbonyl (C=O) groups excluding carboxylic acids is 1. The molecular weight excluding hydrogens is 328 g/mol. The van der Waals surface area contributed by atoms with Crippen molar-refractivity contribution in [3.63, 3.8) is 0 Å². The number of nitrogens with two attached hydrogens (primary N) is 1. The van der Waals surface area contributed by atoms with Crippen molar-refractivity contribution in [1.29, 1.82) is 5.26 Å². The summed E-state index contributed by atoms with van der Waals surface area (Å²) >= 11 is 0. The smallest absolute Gasteiger partial charge is 0.278 e. The summed E-state index contributed by atoms with van der Waals surface area (Å²) in [6, 6.07) is 7.95. The fourth-order valence-electron chi connectivity index (χ4n) is 2.46. The fraction of sp³-hybridized carbons (Fsp3) is 0.125. The second-order valence-electron chi connectivity index (χ2n) is 5.19. The number of primary amides is 1. The zero-order chi connectivity index (χ0) is 18.0. The van der Waals surface area contributed by atoms with Gasteiger partial charge in [0.15, 0.2) is 11.5 Å². The normalized spacial score (nSPS) is 12.7. The first-order valence-electron chi connectivity index (χ1n) is 7.13. The molecule has 1 aliphatic heterocycles. The van der Waals surface area contributed by atoms with Crippen LogP contribution >= 0.6 is 0 Å². The van der Waals surface area contributed by atoms with Gasteiger partial charge in [-0.3, -0.25) is 14.9 Å². The summed E-state index contributed by atoms with van der Waals surface area (Å²) in [5.41, 5.74) is 5.73. The van der Waals surface area contributed by atoms with Crippen molar-refractivity contribution in [1.82, 2.24) is 4.57 Å². The molecule has 1 amide bonds. The molecule has 2 N–H and O–H groups in total. The van der Waals surface area contributed by atoms with Gasteiger partial charge < -0.3 is 19.8 Å². The molecule has 0 unspecified atom stereocenters. The molecule has 9 heteroatoms. The van der Waals surface area contributed by atoms with Gasteiger partial charge in [-0.15, -0.1) is 0 Å². The van der Waals surface area contributed by atoms with Crippen molar-refractivity contribution in [2.75, 3.05) is 6.79 Å². The van der Waals surface area contributed by atoms with Crippen molar-refractivity contribution < 1.29 is 19.2 Å². The van der Waals surface area contributed by atoms with E-state index >= 15 is 0 Å². The Morgan fingerprint density at radius 3 is 2.80 bits per heavy atom. The van der Waals surface area contributed by atoms with Crippen molar-refractivity contribution >= 4 is 17.7 Å². The van der Waals surface area contributed by atoms with E-state index in [4.69, 9.17) is 20.5 Å². The molecule has 1 aromatic carbocycles. The van der Waals surface area contributed by atoms with E-state index in [2.05, 4.69) is 0 Å². The van der Waals surface area contributed by atoms with Crippen LogP contribution in [-0.4, -0.2) is 22.2 Å². The zero-order valence-electron chi connectivity index (χ0n) is 12.8. The van der Waals surface area contributed by atoms with E-state index in [-0.39, 0.29) is 24.6 Å². The first kappa shape index (κ1) is 16.1. The SMILES string of the molecule is N#CC(=Cc1cccn1Cc1cc2c(cc1[N+](=O)[O-])OCO2)C(N)=O. The molecular formula is C16H12N4O5. The summed E-state index contributed by atoms with van der Waals surface area (Å²) in [7, 11) is 0. The third-order valence-electron chi connectivity index (χ3n) is 3.65. The van der Waals surface area contributed by atoms with Gasteiger partial charge in [-0.1, -0.05) is 0 Å². The first-order valence-corrected chi connectivity index (χ1v) is 7.13. The predicted molar refractivity (Wildman–Crippen MR) is 85.5 cm³/mol. The Labute approximate surface area is 141 Å². The second-order valence-corrected chi connectivity index (χ2v) is 5.19. The van der Waals surface area contributed by atoms with Crippen LogP contribution in [0, 0.1) is 21.4 Å². The minimum absolute atomic E-state index is 0.0115. The van der Waals surface area contributed by atoms with Crippen LogP contribution < -0.4 is 15.2 Å². The summed E-state index contributed by atoms with van der Waals surface area (Å²) in [4.78, 5) is 22.0. The lowest BCUT2D eigenvalue weighted by molar-refractivity contribution is -0.385. The Bertz CT molecular complexity index is 938. The van der Waals surface area contributed by atoms with Gasteiger partial charge in [0.25, 0.3) is 11.6 Å². The highest BCUT2D eigenvalue weighted by Crippen LogP contribution is 2.38. The molecule has 2 aromatic rings. The molecule has 0 radical (unpaired) electrons. The Kier molecular flexibility index (Phi) is 4.09. The van der Waals surface area contributed by atoms with Crippen LogP contribution in [0.15, 0.2) is 36.0 Å². The van der Waals surface area contributed by atoms with Gasteiger partial charge in [-0.05, 0) is 24.3 Å². The van der Waals surface area contributed by atoms with Crippen molar-refractivity contribution in [3.8, 4) is 17.6 Å². The number of aromatic nitrogens is 1. The summed E-state index contributed by atoms with van der Waals surface area (Å²) in [5.74, 6) is -0.0902. The molecule has 1 aromatic heterocycles. The van der Waals surface area contributed by atoms with E-state index in [1.165, 1.54) is 12.1 Å². The highest BCUT2D eigenvalue weighted by atomic mass is 16.7. The summed E-state index contributed by atoms with van der Waals surface area (Å²) in [6.07, 6.45) is 3.01. The Hall–Kier alpha value is -3.80. The molecule has 25 heavy (non-hydrogen) atoms. The second kappa shape index (κ2) is 6.37. The molecule has 1 aliphatic rings. The quantitative estimate of drug-likeness (QED) is 0.380. The van der Waals surface area contributed by atoms with E-state index < -0.39 is 10.8 Å². The number of hydrogen-bond acceptors (Lipinski definition) is 6. The van der Waals surface area contributed by atoms with Crippen LogP contribution in [0.25, 0.3) is 6.08 Å². The maximum atomic E-state index is 11.3. The molecule has 126 valence electrons. The highest BCUT2D eigenvalue weighted by molar-refractivity contribution is 6.00. The largest absolute Gasteiger partial charge is 0.454 e. The standard InChI is InChI=1S/C16H12N4O5/c17-7-10(16(18)21)4-12-2-1-3-19(12)8-11-5-14-15(25-9-24-14)6-13(11)20(22)23/h1-6H,8-9H2,(H2,18,21). The number of hydrogen-bond donors (Lipinski definition) is 1. The van der Waals surface area contributed by atoms with Gasteiger partial charge in [-0.2, -0.15) is 5.26 Å². The Morgan fingerprint density at radius 1 is 1.44 bits per heavy atom. The van der Waals surface area contributed by atoms with Gasteiger partial charge in [0.2, 0.25) is 6.79 Å². The van der Waals surface area contributed by atoms with Crippen molar-refractivity contribution in [3.05, 3.63) is 57.4 Å². The summed E-state index contributed by atoms with van der Waals surface area (Å²) in [5, 5.41) is 20.3. The van der Waals surface area contributed by atoms with Crippen LogP contribution in [-0.2, 0) is 11.3 Å². The lowest BCUT2D eigenvalue weighted by Gasteiger charge is -2.09. The third kappa shape index (κ3) is 3.13. The number of nitriles is 1. The zero-order valence-corrected chi connectivity index (χ0v) is 12.8. The van der Waals surface area contributed by atoms with Crippen LogP contribution in [0.3, 0.4) is 0 Å². The number of carbonyl (C=O) groups is 1. The maximum Gasteiger partial charge on any atom is 0.278 e.